The summed E-state index contributed by atoms with van der Waals surface area (Å²) in [6.45, 7) is 4.03. The summed E-state index contributed by atoms with van der Waals surface area (Å²) in [5, 5.41) is 6.07. The Kier molecular flexibility index (Phi) is 8.09. The monoisotopic (exact) mass is 501 g/mol. The largest absolute Gasteiger partial charge is 0.466 e. The van der Waals surface area contributed by atoms with Gasteiger partial charge in [0.15, 0.2) is 11.5 Å². The number of halogens is 1. The first-order valence-corrected chi connectivity index (χ1v) is 12.0. The number of fused-ring (bicyclic) bond motifs is 1. The highest BCUT2D eigenvalue weighted by Crippen LogP contribution is 2.32. The summed E-state index contributed by atoms with van der Waals surface area (Å²) >= 11 is 6.13. The molecule has 9 nitrogen and oxygen atoms in total. The van der Waals surface area contributed by atoms with Gasteiger partial charge in [0.1, 0.15) is 0 Å². The van der Waals surface area contributed by atoms with Gasteiger partial charge in [-0.2, -0.15) is 0 Å². The zero-order chi connectivity index (χ0) is 24.8. The average molecular weight is 502 g/mol. The molecule has 2 heterocycles. The van der Waals surface area contributed by atoms with E-state index >= 15 is 0 Å². The number of amides is 2. The van der Waals surface area contributed by atoms with Crippen LogP contribution >= 0.6 is 11.6 Å². The van der Waals surface area contributed by atoms with E-state index in [1.165, 1.54) is 6.07 Å². The van der Waals surface area contributed by atoms with Crippen molar-refractivity contribution in [3.05, 3.63) is 52.5 Å². The Morgan fingerprint density at radius 1 is 1.09 bits per heavy atom. The maximum Gasteiger partial charge on any atom is 0.309 e. The van der Waals surface area contributed by atoms with Crippen LogP contribution in [0.5, 0.6) is 11.5 Å². The van der Waals surface area contributed by atoms with Gasteiger partial charge in [0.25, 0.3) is 5.91 Å². The number of likely N-dealkylation sites (tertiary alicyclic amines) is 1. The molecule has 1 saturated heterocycles. The quantitative estimate of drug-likeness (QED) is 0.535. The molecule has 2 amide bonds. The number of ether oxygens (including phenoxy) is 3. The van der Waals surface area contributed by atoms with Gasteiger partial charge >= 0.3 is 5.97 Å². The van der Waals surface area contributed by atoms with Crippen molar-refractivity contribution in [3.8, 4) is 11.5 Å². The summed E-state index contributed by atoms with van der Waals surface area (Å²) in [5.41, 5.74) is 1.50. The van der Waals surface area contributed by atoms with Gasteiger partial charge in [-0.1, -0.05) is 17.7 Å². The van der Waals surface area contributed by atoms with E-state index in [2.05, 4.69) is 10.6 Å². The number of hydrogen-bond acceptors (Lipinski definition) is 7. The number of esters is 1. The summed E-state index contributed by atoms with van der Waals surface area (Å²) < 4.78 is 15.8. The first-order valence-electron chi connectivity index (χ1n) is 11.6. The van der Waals surface area contributed by atoms with Crippen LogP contribution < -0.4 is 20.1 Å². The molecule has 2 aromatic rings. The second-order valence-electron chi connectivity index (χ2n) is 8.41. The summed E-state index contributed by atoms with van der Waals surface area (Å²) in [4.78, 5) is 39.5. The molecule has 35 heavy (non-hydrogen) atoms. The lowest BCUT2D eigenvalue weighted by Gasteiger charge is -2.30. The lowest BCUT2D eigenvalue weighted by molar-refractivity contribution is -0.149. The molecule has 0 spiro atoms. The number of nitrogens with one attached hydrogen (secondary N) is 2. The van der Waals surface area contributed by atoms with Crippen LogP contribution in [0.3, 0.4) is 0 Å². The number of carbonyl (C=O) groups excluding carboxylic acids is 3. The second-order valence-corrected chi connectivity index (χ2v) is 8.85. The van der Waals surface area contributed by atoms with Crippen molar-refractivity contribution in [2.24, 2.45) is 5.92 Å². The van der Waals surface area contributed by atoms with Crippen molar-refractivity contribution in [1.82, 2.24) is 10.2 Å². The van der Waals surface area contributed by atoms with Gasteiger partial charge in [0.05, 0.1) is 30.3 Å². The van der Waals surface area contributed by atoms with Crippen LogP contribution in [0.4, 0.5) is 5.69 Å². The first kappa shape index (κ1) is 24.8. The Morgan fingerprint density at radius 3 is 2.63 bits per heavy atom. The molecule has 2 aromatic carbocycles. The molecular formula is C25H28ClN3O6. The van der Waals surface area contributed by atoms with E-state index in [0.717, 1.165) is 5.56 Å². The fraction of sp³-hybridized carbons (Fsp3) is 0.400. The third-order valence-electron chi connectivity index (χ3n) is 5.97. The normalized spacial score (nSPS) is 15.5. The molecule has 1 fully saturated rings. The number of anilines is 1. The van der Waals surface area contributed by atoms with Gasteiger partial charge < -0.3 is 24.8 Å². The maximum absolute atomic E-state index is 12.9. The standard InChI is InChI=1S/C25H28ClN3O6/c1-2-33-25(32)17-7-9-29(10-8-17)14-23(30)28-20-5-4-18(26)12-19(20)24(31)27-13-16-3-6-21-22(11-16)35-15-34-21/h3-6,11-12,17H,2,7-10,13-15H2,1H3,(H,27,31)(H,28,30). The van der Waals surface area contributed by atoms with Gasteiger partial charge in [-0.05, 0) is 68.8 Å². The zero-order valence-electron chi connectivity index (χ0n) is 19.5. The molecule has 4 rings (SSSR count). The van der Waals surface area contributed by atoms with Crippen LogP contribution in [-0.4, -0.2) is 55.7 Å². The van der Waals surface area contributed by atoms with Gasteiger partial charge in [0.2, 0.25) is 12.7 Å². The van der Waals surface area contributed by atoms with E-state index in [4.69, 9.17) is 25.8 Å². The highest BCUT2D eigenvalue weighted by atomic mass is 35.5. The number of benzene rings is 2. The molecule has 2 aliphatic heterocycles. The van der Waals surface area contributed by atoms with Crippen molar-refractivity contribution in [3.63, 3.8) is 0 Å². The van der Waals surface area contributed by atoms with Crippen LogP contribution in [0.1, 0.15) is 35.7 Å². The molecule has 0 unspecified atom stereocenters. The predicted molar refractivity (Wildman–Crippen MR) is 130 cm³/mol. The predicted octanol–water partition coefficient (Wildman–Crippen LogP) is 3.21. The van der Waals surface area contributed by atoms with E-state index in [0.29, 0.717) is 54.7 Å². The molecule has 0 aromatic heterocycles. The van der Waals surface area contributed by atoms with Crippen molar-refractivity contribution in [2.75, 3.05) is 38.4 Å². The number of piperidine rings is 1. The molecule has 0 atom stereocenters. The zero-order valence-corrected chi connectivity index (χ0v) is 20.2. The van der Waals surface area contributed by atoms with E-state index < -0.39 is 0 Å². The maximum atomic E-state index is 12.9. The fourth-order valence-corrected chi connectivity index (χ4v) is 4.29. The van der Waals surface area contributed by atoms with Gasteiger partial charge in [-0.3, -0.25) is 19.3 Å². The van der Waals surface area contributed by atoms with Crippen LogP contribution in [0.15, 0.2) is 36.4 Å². The Bertz CT molecular complexity index is 1100. The molecular weight excluding hydrogens is 474 g/mol. The van der Waals surface area contributed by atoms with Crippen molar-refractivity contribution in [2.45, 2.75) is 26.3 Å². The SMILES string of the molecule is CCOC(=O)C1CCN(CC(=O)Nc2ccc(Cl)cc2C(=O)NCc2ccc3c(c2)OCO3)CC1. The van der Waals surface area contributed by atoms with Crippen molar-refractivity contribution < 1.29 is 28.6 Å². The lowest BCUT2D eigenvalue weighted by Crippen LogP contribution is -2.41. The Balaban J connectivity index is 1.32. The highest BCUT2D eigenvalue weighted by molar-refractivity contribution is 6.31. The summed E-state index contributed by atoms with van der Waals surface area (Å²) in [6, 6.07) is 10.2. The number of carbonyl (C=O) groups is 3. The topological polar surface area (TPSA) is 106 Å². The van der Waals surface area contributed by atoms with Gasteiger partial charge in [-0.25, -0.2) is 0 Å². The van der Waals surface area contributed by atoms with Crippen LogP contribution in [0.2, 0.25) is 5.02 Å². The Morgan fingerprint density at radius 2 is 1.86 bits per heavy atom. The Labute approximate surface area is 208 Å². The molecule has 0 bridgehead atoms. The Hall–Kier alpha value is -3.30. The molecule has 10 heteroatoms. The highest BCUT2D eigenvalue weighted by Gasteiger charge is 2.27. The molecule has 0 radical (unpaired) electrons. The summed E-state index contributed by atoms with van der Waals surface area (Å²) in [5.74, 6) is 0.408. The third kappa shape index (κ3) is 6.43. The molecule has 0 aliphatic carbocycles. The fourth-order valence-electron chi connectivity index (χ4n) is 4.12. The first-order chi connectivity index (χ1) is 16.9. The minimum absolute atomic E-state index is 0.120. The van der Waals surface area contributed by atoms with Gasteiger partial charge in [0, 0.05) is 11.6 Å². The third-order valence-corrected chi connectivity index (χ3v) is 6.20. The number of rotatable bonds is 8. The molecule has 0 saturated carbocycles. The van der Waals surface area contributed by atoms with Gasteiger partial charge in [-0.15, -0.1) is 0 Å². The van der Waals surface area contributed by atoms with Crippen LogP contribution in [-0.2, 0) is 20.9 Å². The van der Waals surface area contributed by atoms with Crippen molar-refractivity contribution >= 4 is 35.1 Å². The lowest BCUT2D eigenvalue weighted by atomic mass is 9.97. The van der Waals surface area contributed by atoms with Crippen LogP contribution in [0, 0.1) is 5.92 Å². The average Bonchev–Trinajstić information content (AvgIpc) is 3.32. The summed E-state index contributed by atoms with van der Waals surface area (Å²) in [6.07, 6.45) is 1.31. The summed E-state index contributed by atoms with van der Waals surface area (Å²) in [7, 11) is 0. The van der Waals surface area contributed by atoms with Crippen molar-refractivity contribution in [1.29, 1.82) is 0 Å². The molecule has 2 N–H and O–H groups in total. The number of nitrogens with zero attached hydrogens (tertiary/aromatic N) is 1. The number of hydrogen-bond donors (Lipinski definition) is 2. The smallest absolute Gasteiger partial charge is 0.309 e. The molecule has 186 valence electrons. The van der Waals surface area contributed by atoms with E-state index in [9.17, 15) is 14.4 Å². The van der Waals surface area contributed by atoms with E-state index in [1.54, 1.807) is 25.1 Å². The minimum Gasteiger partial charge on any atom is -0.466 e. The van der Waals surface area contributed by atoms with E-state index in [1.807, 2.05) is 17.0 Å². The second kappa shape index (κ2) is 11.4. The minimum atomic E-state index is -0.365. The molecule has 2 aliphatic rings. The van der Waals surface area contributed by atoms with Crippen LogP contribution in [0.25, 0.3) is 0 Å². The van der Waals surface area contributed by atoms with E-state index in [-0.39, 0.29) is 49.1 Å².